The van der Waals surface area contributed by atoms with Crippen LogP contribution in [-0.2, 0) is 0 Å². The number of hydrogen-bond acceptors (Lipinski definition) is 7. The molecule has 1 amide bonds. The quantitative estimate of drug-likeness (QED) is 0.462. The number of hydrogen-bond donors (Lipinski definition) is 1. The van der Waals surface area contributed by atoms with Crippen LogP contribution >= 0.6 is 23.2 Å². The van der Waals surface area contributed by atoms with Crippen LogP contribution in [0.25, 0.3) is 11.3 Å². The number of anilines is 3. The normalized spacial score (nSPS) is 20.1. The summed E-state index contributed by atoms with van der Waals surface area (Å²) in [7, 11) is 0. The largest absolute Gasteiger partial charge is 0.366 e. The van der Waals surface area contributed by atoms with Crippen molar-refractivity contribution in [2.24, 2.45) is 5.73 Å². The second kappa shape index (κ2) is 10.9. The molecular weight excluding hydrogens is 528 g/mol. The molecule has 8 nitrogen and oxygen atoms in total. The third-order valence-corrected chi connectivity index (χ3v) is 7.87. The zero-order valence-corrected chi connectivity index (χ0v) is 22.9. The third-order valence-electron chi connectivity index (χ3n) is 7.30. The highest BCUT2D eigenvalue weighted by molar-refractivity contribution is 6.33. The first-order valence-corrected chi connectivity index (χ1v) is 13.5. The van der Waals surface area contributed by atoms with E-state index in [1.54, 1.807) is 18.2 Å². The Bertz CT molecular complexity index is 1360. The third kappa shape index (κ3) is 5.35. The van der Waals surface area contributed by atoms with Gasteiger partial charge in [-0.15, -0.1) is 0 Å². The molecule has 38 heavy (non-hydrogen) atoms. The van der Waals surface area contributed by atoms with Gasteiger partial charge in [0, 0.05) is 56.1 Å². The topological polar surface area (TPSA) is 91.5 Å². The van der Waals surface area contributed by atoms with Crippen LogP contribution in [0, 0.1) is 5.82 Å². The van der Waals surface area contributed by atoms with Crippen LogP contribution in [0.2, 0.25) is 10.0 Å². The summed E-state index contributed by atoms with van der Waals surface area (Å²) in [6.45, 7) is 7.20. The first kappa shape index (κ1) is 26.4. The predicted molar refractivity (Wildman–Crippen MR) is 150 cm³/mol. The summed E-state index contributed by atoms with van der Waals surface area (Å²) in [5.74, 6) is 1.07. The number of piperazine rings is 1. The zero-order valence-electron chi connectivity index (χ0n) is 21.4. The number of primary amides is 1. The minimum Gasteiger partial charge on any atom is -0.366 e. The van der Waals surface area contributed by atoms with Crippen molar-refractivity contribution in [3.05, 3.63) is 58.0 Å². The Kier molecular flexibility index (Phi) is 7.59. The maximum absolute atomic E-state index is 13.9. The van der Waals surface area contributed by atoms with E-state index in [0.29, 0.717) is 48.2 Å². The first-order chi connectivity index (χ1) is 18.2. The molecule has 2 saturated heterocycles. The Morgan fingerprint density at radius 1 is 1.00 bits per heavy atom. The monoisotopic (exact) mass is 557 g/mol. The molecule has 0 bridgehead atoms. The minimum absolute atomic E-state index is 0.0595. The van der Waals surface area contributed by atoms with E-state index in [1.807, 2.05) is 6.07 Å². The highest BCUT2D eigenvalue weighted by Gasteiger charge is 2.29. The van der Waals surface area contributed by atoms with Gasteiger partial charge in [0.15, 0.2) is 0 Å². The summed E-state index contributed by atoms with van der Waals surface area (Å²) in [5.41, 5.74) is 7.08. The standard InChI is InChI=1S/C27H30Cl2FN7O/c1-16-5-3-4-8-37(16)27-33-23(18-6-7-22(30)20(28)11-18)13-24(34-27)36-10-9-35(15-17(36)2)26-21(29)12-19(14-32-26)25(31)38/h6-7,11-14,16-17H,3-5,8-10,15H2,1-2H3,(H2,31,38)/t16-,17+/m0/s1. The molecule has 0 aliphatic carbocycles. The van der Waals surface area contributed by atoms with Crippen molar-refractivity contribution in [2.75, 3.05) is 40.9 Å². The number of aromatic nitrogens is 3. The van der Waals surface area contributed by atoms with E-state index in [4.69, 9.17) is 38.9 Å². The van der Waals surface area contributed by atoms with Gasteiger partial charge in [-0.25, -0.2) is 14.4 Å². The van der Waals surface area contributed by atoms with Crippen molar-refractivity contribution >= 4 is 46.7 Å². The highest BCUT2D eigenvalue weighted by atomic mass is 35.5. The summed E-state index contributed by atoms with van der Waals surface area (Å²) in [4.78, 5) is 32.4. The number of carbonyl (C=O) groups excluding carboxylic acids is 1. The van der Waals surface area contributed by atoms with Gasteiger partial charge < -0.3 is 20.4 Å². The Morgan fingerprint density at radius 2 is 1.82 bits per heavy atom. The summed E-state index contributed by atoms with van der Waals surface area (Å²) in [6.07, 6.45) is 4.82. The number of carbonyl (C=O) groups is 1. The van der Waals surface area contributed by atoms with Crippen LogP contribution in [0.5, 0.6) is 0 Å². The van der Waals surface area contributed by atoms with Crippen LogP contribution in [0.15, 0.2) is 36.5 Å². The molecule has 200 valence electrons. The van der Waals surface area contributed by atoms with E-state index < -0.39 is 11.7 Å². The van der Waals surface area contributed by atoms with Gasteiger partial charge in [0.1, 0.15) is 17.5 Å². The van der Waals surface area contributed by atoms with E-state index in [1.165, 1.54) is 18.7 Å². The van der Waals surface area contributed by atoms with Crippen molar-refractivity contribution < 1.29 is 9.18 Å². The van der Waals surface area contributed by atoms with Gasteiger partial charge in [0.05, 0.1) is 21.3 Å². The summed E-state index contributed by atoms with van der Waals surface area (Å²) in [5, 5.41) is 0.449. The fourth-order valence-electron chi connectivity index (χ4n) is 5.18. The molecule has 0 saturated carbocycles. The molecule has 0 radical (unpaired) electrons. The highest BCUT2D eigenvalue weighted by Crippen LogP contribution is 2.33. The Balaban J connectivity index is 1.46. The molecule has 2 fully saturated rings. The Hall–Kier alpha value is -3.17. The SMILES string of the molecule is C[C@@H]1CN(c2ncc(C(N)=O)cc2Cl)CCN1c1cc(-c2ccc(F)c(Cl)c2)nc(N2CCCC[C@@H]2C)n1. The predicted octanol–water partition coefficient (Wildman–Crippen LogP) is 5.18. The molecule has 2 aliphatic rings. The number of halogens is 3. The van der Waals surface area contributed by atoms with Gasteiger partial charge in [-0.2, -0.15) is 4.98 Å². The zero-order chi connectivity index (χ0) is 27.0. The molecule has 0 unspecified atom stereocenters. The number of pyridine rings is 1. The molecule has 11 heteroatoms. The van der Waals surface area contributed by atoms with Crippen LogP contribution in [-0.4, -0.2) is 59.1 Å². The van der Waals surface area contributed by atoms with Crippen LogP contribution in [0.4, 0.5) is 22.0 Å². The van der Waals surface area contributed by atoms with E-state index >= 15 is 0 Å². The number of nitrogens with zero attached hydrogens (tertiary/aromatic N) is 6. The average Bonchev–Trinajstić information content (AvgIpc) is 2.90. The van der Waals surface area contributed by atoms with Crippen LogP contribution in [0.3, 0.4) is 0 Å². The van der Waals surface area contributed by atoms with Gasteiger partial charge in [0.25, 0.3) is 0 Å². The van der Waals surface area contributed by atoms with Crippen molar-refractivity contribution in [1.82, 2.24) is 15.0 Å². The summed E-state index contributed by atoms with van der Waals surface area (Å²) < 4.78 is 13.9. The van der Waals surface area contributed by atoms with Crippen molar-refractivity contribution in [3.8, 4) is 11.3 Å². The molecule has 2 aromatic heterocycles. The fraction of sp³-hybridized carbons (Fsp3) is 0.407. The lowest BCUT2D eigenvalue weighted by molar-refractivity contribution is 0.1000. The molecule has 2 atom stereocenters. The lowest BCUT2D eigenvalue weighted by Gasteiger charge is -2.42. The first-order valence-electron chi connectivity index (χ1n) is 12.8. The second-order valence-electron chi connectivity index (χ2n) is 9.96. The van der Waals surface area contributed by atoms with Crippen molar-refractivity contribution in [3.63, 3.8) is 0 Å². The smallest absolute Gasteiger partial charge is 0.250 e. The van der Waals surface area contributed by atoms with Crippen LogP contribution in [0.1, 0.15) is 43.5 Å². The molecule has 1 aromatic carbocycles. The average molecular weight is 558 g/mol. The fourth-order valence-corrected chi connectivity index (χ4v) is 5.65. The number of amides is 1. The maximum atomic E-state index is 13.9. The molecule has 0 spiro atoms. The number of nitrogens with two attached hydrogens (primary N) is 1. The van der Waals surface area contributed by atoms with E-state index in [0.717, 1.165) is 30.8 Å². The molecule has 4 heterocycles. The lowest BCUT2D eigenvalue weighted by atomic mass is 10.0. The van der Waals surface area contributed by atoms with Gasteiger partial charge >= 0.3 is 0 Å². The number of rotatable bonds is 5. The van der Waals surface area contributed by atoms with E-state index in [-0.39, 0.29) is 16.6 Å². The second-order valence-corrected chi connectivity index (χ2v) is 10.8. The van der Waals surface area contributed by atoms with Crippen LogP contribution < -0.4 is 20.4 Å². The number of benzene rings is 1. The summed E-state index contributed by atoms with van der Waals surface area (Å²) >= 11 is 12.6. The van der Waals surface area contributed by atoms with Gasteiger partial charge in [0.2, 0.25) is 11.9 Å². The van der Waals surface area contributed by atoms with Gasteiger partial charge in [-0.05, 0) is 57.4 Å². The molecule has 2 aliphatic heterocycles. The molecule has 5 rings (SSSR count). The minimum atomic E-state index is -0.565. The summed E-state index contributed by atoms with van der Waals surface area (Å²) in [6, 6.07) is 8.57. The van der Waals surface area contributed by atoms with Crippen molar-refractivity contribution in [2.45, 2.75) is 45.2 Å². The Morgan fingerprint density at radius 3 is 2.50 bits per heavy atom. The number of piperidine rings is 1. The maximum Gasteiger partial charge on any atom is 0.250 e. The van der Waals surface area contributed by atoms with E-state index in [9.17, 15) is 9.18 Å². The van der Waals surface area contributed by atoms with Gasteiger partial charge in [-0.3, -0.25) is 4.79 Å². The molecule has 3 aromatic rings. The molecular formula is C27H30Cl2FN7O. The van der Waals surface area contributed by atoms with Gasteiger partial charge in [-0.1, -0.05) is 23.2 Å². The molecule has 2 N–H and O–H groups in total. The lowest BCUT2D eigenvalue weighted by Crippen LogP contribution is -2.53. The van der Waals surface area contributed by atoms with E-state index in [2.05, 4.69) is 33.5 Å². The Labute approximate surface area is 231 Å². The van der Waals surface area contributed by atoms with Crippen molar-refractivity contribution in [1.29, 1.82) is 0 Å².